The Morgan fingerprint density at radius 1 is 1.23 bits per heavy atom. The third-order valence-corrected chi connectivity index (χ3v) is 3.74. The van der Waals surface area contributed by atoms with Crippen molar-refractivity contribution in [3.8, 4) is 11.3 Å². The summed E-state index contributed by atoms with van der Waals surface area (Å²) in [5.41, 5.74) is 8.16. The van der Waals surface area contributed by atoms with Crippen LogP contribution in [0.5, 0.6) is 0 Å². The molecule has 114 valence electrons. The van der Waals surface area contributed by atoms with E-state index in [9.17, 15) is 4.79 Å². The molecular weight excluding hydrogens is 280 g/mol. The van der Waals surface area contributed by atoms with Crippen LogP contribution < -0.4 is 10.6 Å². The molecule has 6 heteroatoms. The van der Waals surface area contributed by atoms with Gasteiger partial charge in [0.15, 0.2) is 0 Å². The van der Waals surface area contributed by atoms with E-state index in [0.717, 1.165) is 48.6 Å². The van der Waals surface area contributed by atoms with Crippen molar-refractivity contribution in [3.05, 3.63) is 35.9 Å². The van der Waals surface area contributed by atoms with Crippen LogP contribution >= 0.6 is 0 Å². The fourth-order valence-corrected chi connectivity index (χ4v) is 2.72. The lowest BCUT2D eigenvalue weighted by molar-refractivity contribution is -0.136. The first kappa shape index (κ1) is 14.3. The topological polar surface area (TPSA) is 92.3 Å². The van der Waals surface area contributed by atoms with Gasteiger partial charge in [-0.1, -0.05) is 18.2 Å². The molecular formula is C16H18N4O2. The molecule has 6 nitrogen and oxygen atoms in total. The van der Waals surface area contributed by atoms with Crippen LogP contribution in [0.1, 0.15) is 18.4 Å². The molecule has 2 heterocycles. The summed E-state index contributed by atoms with van der Waals surface area (Å²) >= 11 is 0. The Morgan fingerprint density at radius 3 is 2.73 bits per heavy atom. The van der Waals surface area contributed by atoms with Crippen LogP contribution in [0.2, 0.25) is 0 Å². The minimum atomic E-state index is -0.850. The maximum absolute atomic E-state index is 10.8. The van der Waals surface area contributed by atoms with Crippen LogP contribution in [-0.2, 0) is 11.2 Å². The van der Waals surface area contributed by atoms with Crippen molar-refractivity contribution >= 4 is 17.7 Å². The molecule has 0 spiro atoms. The van der Waals surface area contributed by atoms with Gasteiger partial charge >= 0.3 is 5.97 Å². The Bertz CT molecular complexity index is 696. The summed E-state index contributed by atoms with van der Waals surface area (Å²) in [5.74, 6) is 0.226. The predicted molar refractivity (Wildman–Crippen MR) is 84.7 cm³/mol. The van der Waals surface area contributed by atoms with Crippen molar-refractivity contribution in [3.63, 3.8) is 0 Å². The first-order valence-electron chi connectivity index (χ1n) is 7.32. The van der Waals surface area contributed by atoms with Gasteiger partial charge in [0.2, 0.25) is 5.95 Å². The van der Waals surface area contributed by atoms with Gasteiger partial charge in [-0.25, -0.2) is 4.98 Å². The molecule has 22 heavy (non-hydrogen) atoms. The first-order chi connectivity index (χ1) is 10.6. The van der Waals surface area contributed by atoms with Crippen molar-refractivity contribution in [2.45, 2.75) is 19.3 Å². The number of rotatable bonds is 4. The van der Waals surface area contributed by atoms with Crippen LogP contribution in [0.3, 0.4) is 0 Å². The lowest BCUT2D eigenvalue weighted by atomic mass is 10.1. The van der Waals surface area contributed by atoms with Gasteiger partial charge in [-0.2, -0.15) is 4.98 Å². The first-order valence-corrected chi connectivity index (χ1v) is 7.32. The molecule has 0 atom stereocenters. The lowest BCUT2D eigenvalue weighted by Crippen LogP contribution is -2.19. The fraction of sp³-hybridized carbons (Fsp3) is 0.312. The maximum Gasteiger partial charge on any atom is 0.307 e. The molecule has 1 aliphatic rings. The van der Waals surface area contributed by atoms with Crippen molar-refractivity contribution in [1.82, 2.24) is 9.97 Å². The average molecular weight is 298 g/mol. The molecule has 1 aromatic carbocycles. The number of anilines is 2. The van der Waals surface area contributed by atoms with Gasteiger partial charge in [0.1, 0.15) is 5.82 Å². The summed E-state index contributed by atoms with van der Waals surface area (Å²) in [7, 11) is 0. The minimum absolute atomic E-state index is 0.00656. The van der Waals surface area contributed by atoms with Gasteiger partial charge in [-0.15, -0.1) is 0 Å². The number of benzene rings is 1. The van der Waals surface area contributed by atoms with Crippen molar-refractivity contribution in [1.29, 1.82) is 0 Å². The Hall–Kier alpha value is -2.63. The molecule has 1 saturated heterocycles. The normalized spacial score (nSPS) is 14.3. The van der Waals surface area contributed by atoms with Crippen molar-refractivity contribution in [2.24, 2.45) is 0 Å². The van der Waals surface area contributed by atoms with Gasteiger partial charge in [0.25, 0.3) is 0 Å². The van der Waals surface area contributed by atoms with E-state index in [-0.39, 0.29) is 12.4 Å². The summed E-state index contributed by atoms with van der Waals surface area (Å²) < 4.78 is 0. The molecule has 1 aliphatic heterocycles. The smallest absolute Gasteiger partial charge is 0.307 e. The highest BCUT2D eigenvalue weighted by Crippen LogP contribution is 2.25. The van der Waals surface area contributed by atoms with Gasteiger partial charge in [-0.05, 0) is 24.5 Å². The molecule has 3 N–H and O–H groups in total. The molecule has 0 radical (unpaired) electrons. The number of aromatic nitrogens is 2. The van der Waals surface area contributed by atoms with Crippen molar-refractivity contribution in [2.75, 3.05) is 23.7 Å². The summed E-state index contributed by atoms with van der Waals surface area (Å²) in [4.78, 5) is 21.6. The van der Waals surface area contributed by atoms with E-state index in [0.29, 0.717) is 0 Å². The zero-order chi connectivity index (χ0) is 15.5. The van der Waals surface area contributed by atoms with Gasteiger partial charge in [-0.3, -0.25) is 4.79 Å². The quantitative estimate of drug-likeness (QED) is 0.896. The maximum atomic E-state index is 10.8. The van der Waals surface area contributed by atoms with E-state index in [1.807, 2.05) is 24.3 Å². The second kappa shape index (κ2) is 6.01. The highest BCUT2D eigenvalue weighted by atomic mass is 16.4. The van der Waals surface area contributed by atoms with E-state index < -0.39 is 5.97 Å². The highest BCUT2D eigenvalue weighted by Gasteiger charge is 2.16. The van der Waals surface area contributed by atoms with Crippen LogP contribution in [0, 0.1) is 0 Å². The lowest BCUT2D eigenvalue weighted by Gasteiger charge is -2.17. The van der Waals surface area contributed by atoms with E-state index in [1.165, 1.54) is 0 Å². The third-order valence-electron chi connectivity index (χ3n) is 3.74. The SMILES string of the molecule is Nc1nc(-c2cccc(CC(=O)O)c2)cc(N2CCCC2)n1. The Balaban J connectivity index is 1.95. The molecule has 3 rings (SSSR count). The molecule has 0 saturated carbocycles. The van der Waals surface area contributed by atoms with Gasteiger partial charge in [0.05, 0.1) is 12.1 Å². The van der Waals surface area contributed by atoms with Crippen LogP contribution in [0.25, 0.3) is 11.3 Å². The Kier molecular flexibility index (Phi) is 3.91. The van der Waals surface area contributed by atoms with E-state index >= 15 is 0 Å². The zero-order valence-electron chi connectivity index (χ0n) is 12.2. The molecule has 1 aromatic heterocycles. The zero-order valence-corrected chi connectivity index (χ0v) is 12.2. The van der Waals surface area contributed by atoms with Crippen LogP contribution in [0.15, 0.2) is 30.3 Å². The molecule has 1 fully saturated rings. The summed E-state index contributed by atoms with van der Waals surface area (Å²) in [5, 5.41) is 8.91. The second-order valence-electron chi connectivity index (χ2n) is 5.43. The standard InChI is InChI=1S/C16H18N4O2/c17-16-18-13(10-14(19-16)20-6-1-2-7-20)12-5-3-4-11(8-12)9-15(21)22/h3-5,8,10H,1-2,6-7,9H2,(H,21,22)(H2,17,18,19). The number of nitrogens with zero attached hydrogens (tertiary/aromatic N) is 3. The molecule has 0 bridgehead atoms. The number of nitrogens with two attached hydrogens (primary N) is 1. The summed E-state index contributed by atoms with van der Waals surface area (Å²) in [6.07, 6.45) is 2.31. The molecule has 0 aliphatic carbocycles. The van der Waals surface area contributed by atoms with E-state index in [2.05, 4.69) is 14.9 Å². The molecule has 0 amide bonds. The third kappa shape index (κ3) is 3.16. The van der Waals surface area contributed by atoms with Crippen molar-refractivity contribution < 1.29 is 9.90 Å². The number of carboxylic acid groups (broad SMARTS) is 1. The minimum Gasteiger partial charge on any atom is -0.481 e. The number of carboxylic acids is 1. The number of carbonyl (C=O) groups is 1. The molecule has 0 unspecified atom stereocenters. The Morgan fingerprint density at radius 2 is 2.00 bits per heavy atom. The second-order valence-corrected chi connectivity index (χ2v) is 5.43. The molecule has 2 aromatic rings. The number of aliphatic carboxylic acids is 1. The summed E-state index contributed by atoms with van der Waals surface area (Å²) in [6, 6.07) is 9.29. The van der Waals surface area contributed by atoms with E-state index in [1.54, 1.807) is 6.07 Å². The van der Waals surface area contributed by atoms with Gasteiger partial charge in [0, 0.05) is 24.7 Å². The number of hydrogen-bond acceptors (Lipinski definition) is 5. The highest BCUT2D eigenvalue weighted by molar-refractivity contribution is 5.72. The predicted octanol–water partition coefficient (Wildman–Crippen LogP) is 1.95. The fourth-order valence-electron chi connectivity index (χ4n) is 2.72. The monoisotopic (exact) mass is 298 g/mol. The summed E-state index contributed by atoms with van der Waals surface area (Å²) in [6.45, 7) is 1.96. The number of hydrogen-bond donors (Lipinski definition) is 2. The van der Waals surface area contributed by atoms with E-state index in [4.69, 9.17) is 10.8 Å². The average Bonchev–Trinajstić information content (AvgIpc) is 3.00. The largest absolute Gasteiger partial charge is 0.481 e. The van der Waals surface area contributed by atoms with Crippen LogP contribution in [0.4, 0.5) is 11.8 Å². The van der Waals surface area contributed by atoms with Crippen LogP contribution in [-0.4, -0.2) is 34.1 Å². The Labute approximate surface area is 128 Å². The number of nitrogen functional groups attached to an aromatic ring is 1. The van der Waals surface area contributed by atoms with Gasteiger partial charge < -0.3 is 15.7 Å².